The largest absolute Gasteiger partial charge is 0.504 e. The van der Waals surface area contributed by atoms with Crippen molar-refractivity contribution in [1.82, 2.24) is 0 Å². The lowest BCUT2D eigenvalue weighted by Gasteiger charge is -2.45. The van der Waals surface area contributed by atoms with E-state index in [1.807, 2.05) is 0 Å². The van der Waals surface area contributed by atoms with Gasteiger partial charge in [-0.05, 0) is 18.2 Å². The smallest absolute Gasteiger partial charge is 0.339 e. The number of esters is 2. The third kappa shape index (κ3) is 3.47. The molecule has 4 rings (SSSR count). The number of carbonyl (C=O) groups excluding carboxylic acids is 2. The molecule has 1 saturated heterocycles. The zero-order valence-corrected chi connectivity index (χ0v) is 16.4. The highest BCUT2D eigenvalue weighted by atomic mass is 16.6. The van der Waals surface area contributed by atoms with Crippen molar-refractivity contribution in [2.75, 3.05) is 6.61 Å². The fourth-order valence-corrected chi connectivity index (χ4v) is 3.79. The molecule has 13 heteroatoms. The summed E-state index contributed by atoms with van der Waals surface area (Å²) >= 11 is 0. The molecular weight excluding hydrogens is 448 g/mol. The number of phenolic OH excluding ortho intramolecular Hbond substituents is 6. The Morgan fingerprint density at radius 1 is 0.939 bits per heavy atom. The van der Waals surface area contributed by atoms with E-state index in [9.17, 15) is 50.4 Å². The molecule has 2 aliphatic rings. The van der Waals surface area contributed by atoms with E-state index in [2.05, 4.69) is 0 Å². The summed E-state index contributed by atoms with van der Waals surface area (Å²) in [5.74, 6) is -7.56. The summed E-state index contributed by atoms with van der Waals surface area (Å²) < 4.78 is 16.0. The fraction of sp³-hybridized carbons (Fsp3) is 0.300. The maximum Gasteiger partial charge on any atom is 0.339 e. The number of aromatic hydroxyl groups is 6. The number of ether oxygens (including phenoxy) is 3. The van der Waals surface area contributed by atoms with E-state index in [1.165, 1.54) is 0 Å². The number of hydrogen-bond acceptors (Lipinski definition) is 13. The van der Waals surface area contributed by atoms with Crippen LogP contribution in [0.2, 0.25) is 0 Å². The summed E-state index contributed by atoms with van der Waals surface area (Å²) in [5, 5.41) is 78.8. The van der Waals surface area contributed by atoms with Crippen molar-refractivity contribution in [2.45, 2.75) is 30.5 Å². The average molecular weight is 466 g/mol. The van der Waals surface area contributed by atoms with Gasteiger partial charge in [-0.2, -0.15) is 0 Å². The van der Waals surface area contributed by atoms with E-state index >= 15 is 0 Å². The minimum absolute atomic E-state index is 0.321. The molecule has 2 heterocycles. The summed E-state index contributed by atoms with van der Waals surface area (Å²) in [4.78, 5) is 25.1. The first-order valence-electron chi connectivity index (χ1n) is 9.44. The molecule has 0 spiro atoms. The molecule has 0 aromatic heterocycles. The zero-order chi connectivity index (χ0) is 24.2. The minimum Gasteiger partial charge on any atom is -0.504 e. The van der Waals surface area contributed by atoms with E-state index in [0.717, 1.165) is 18.2 Å². The molecular formula is C20H18O13. The molecule has 13 nitrogen and oxygen atoms in total. The van der Waals surface area contributed by atoms with Crippen LogP contribution < -0.4 is 0 Å². The Labute approximate surface area is 183 Å². The van der Waals surface area contributed by atoms with Crippen LogP contribution in [-0.4, -0.2) is 83.8 Å². The summed E-state index contributed by atoms with van der Waals surface area (Å²) in [6.07, 6.45) is -7.82. The number of aliphatic hydroxyl groups is 2. The third-order valence-electron chi connectivity index (χ3n) is 5.43. The van der Waals surface area contributed by atoms with Crippen LogP contribution in [0.25, 0.3) is 0 Å². The van der Waals surface area contributed by atoms with Gasteiger partial charge >= 0.3 is 11.9 Å². The average Bonchev–Trinajstić information content (AvgIpc) is 2.77. The normalized spacial score (nSPS) is 26.1. The number of aliphatic hydroxyl groups excluding tert-OH is 2. The van der Waals surface area contributed by atoms with Gasteiger partial charge in [0.2, 0.25) is 5.75 Å². The van der Waals surface area contributed by atoms with E-state index in [4.69, 9.17) is 14.2 Å². The van der Waals surface area contributed by atoms with Crippen LogP contribution in [0, 0.1) is 0 Å². The summed E-state index contributed by atoms with van der Waals surface area (Å²) in [7, 11) is 0. The molecule has 2 aliphatic heterocycles. The number of carbonyl (C=O) groups is 2. The second kappa shape index (κ2) is 7.88. The van der Waals surface area contributed by atoms with Gasteiger partial charge < -0.3 is 55.1 Å². The molecule has 0 radical (unpaired) electrons. The lowest BCUT2D eigenvalue weighted by Crippen LogP contribution is -2.59. The van der Waals surface area contributed by atoms with Crippen molar-refractivity contribution in [3.63, 3.8) is 0 Å². The van der Waals surface area contributed by atoms with Gasteiger partial charge in [-0.1, -0.05) is 0 Å². The molecule has 0 saturated carbocycles. The lowest BCUT2D eigenvalue weighted by molar-refractivity contribution is -0.235. The summed E-state index contributed by atoms with van der Waals surface area (Å²) in [5.41, 5.74) is -1.13. The van der Waals surface area contributed by atoms with Crippen LogP contribution in [0.3, 0.4) is 0 Å². The van der Waals surface area contributed by atoms with Crippen molar-refractivity contribution in [3.8, 4) is 34.5 Å². The number of rotatable bonds is 3. The zero-order valence-electron chi connectivity index (χ0n) is 16.4. The maximum atomic E-state index is 12.6. The second-order valence-corrected chi connectivity index (χ2v) is 7.43. The quantitative estimate of drug-likeness (QED) is 0.211. The van der Waals surface area contributed by atoms with Crippen LogP contribution in [0.1, 0.15) is 32.4 Å². The number of benzene rings is 2. The van der Waals surface area contributed by atoms with Crippen LogP contribution in [-0.2, 0) is 14.2 Å². The van der Waals surface area contributed by atoms with E-state index in [-0.39, 0.29) is 11.1 Å². The SMILES string of the molecule is O=C(O[C@@H]1[C@@H](O)[C@H](CO)O[C@@H]2c3c(cc(O)c(O)c3O)C(=O)O[C@@H]12)c1cc(O)c(O)c(O)c1. The Morgan fingerprint density at radius 2 is 1.55 bits per heavy atom. The van der Waals surface area contributed by atoms with Gasteiger partial charge in [0, 0.05) is 5.56 Å². The van der Waals surface area contributed by atoms with Gasteiger partial charge in [0.1, 0.15) is 18.3 Å². The first-order chi connectivity index (χ1) is 15.5. The molecule has 5 atom stereocenters. The van der Waals surface area contributed by atoms with Crippen LogP contribution >= 0.6 is 0 Å². The van der Waals surface area contributed by atoms with Crippen LogP contribution in [0.5, 0.6) is 34.5 Å². The summed E-state index contributed by atoms with van der Waals surface area (Å²) in [6, 6.07) is 2.38. The van der Waals surface area contributed by atoms with Crippen molar-refractivity contribution in [3.05, 3.63) is 34.9 Å². The lowest BCUT2D eigenvalue weighted by atomic mass is 9.86. The van der Waals surface area contributed by atoms with Gasteiger partial charge in [-0.25, -0.2) is 9.59 Å². The molecule has 176 valence electrons. The Kier molecular flexibility index (Phi) is 5.32. The molecule has 0 bridgehead atoms. The number of hydrogen-bond donors (Lipinski definition) is 8. The van der Waals surface area contributed by atoms with Gasteiger partial charge in [-0.3, -0.25) is 0 Å². The minimum atomic E-state index is -1.73. The summed E-state index contributed by atoms with van der Waals surface area (Å²) in [6.45, 7) is -0.784. The van der Waals surface area contributed by atoms with E-state index < -0.39 is 89.1 Å². The van der Waals surface area contributed by atoms with Crippen molar-refractivity contribution in [2.24, 2.45) is 0 Å². The van der Waals surface area contributed by atoms with Gasteiger partial charge in [-0.15, -0.1) is 0 Å². The molecule has 0 unspecified atom stereocenters. The monoisotopic (exact) mass is 466 g/mol. The second-order valence-electron chi connectivity index (χ2n) is 7.43. The predicted octanol–water partition coefficient (Wildman–Crippen LogP) is -0.522. The Morgan fingerprint density at radius 3 is 2.15 bits per heavy atom. The van der Waals surface area contributed by atoms with Crippen molar-refractivity contribution in [1.29, 1.82) is 0 Å². The fourth-order valence-electron chi connectivity index (χ4n) is 3.79. The highest BCUT2D eigenvalue weighted by molar-refractivity contribution is 5.95. The standard InChI is InChI=1S/C20H18O13/c21-4-10-14(27)17(32-19(29)5-1-7(22)12(25)8(23)2-5)18-16(31-10)11-6(20(30)33-18)3-9(24)13(26)15(11)28/h1-3,10,14,16-18,21-28H,4H2/t10-,14-,16+,17+,18+/m0/s1. The van der Waals surface area contributed by atoms with E-state index in [1.54, 1.807) is 0 Å². The van der Waals surface area contributed by atoms with Crippen LogP contribution in [0.15, 0.2) is 18.2 Å². The topological polar surface area (TPSA) is 224 Å². The molecule has 1 fully saturated rings. The van der Waals surface area contributed by atoms with Crippen LogP contribution in [0.4, 0.5) is 0 Å². The molecule has 2 aromatic rings. The first kappa shape index (κ1) is 22.3. The Balaban J connectivity index is 1.74. The predicted molar refractivity (Wildman–Crippen MR) is 102 cm³/mol. The van der Waals surface area contributed by atoms with Gasteiger partial charge in [0.25, 0.3) is 0 Å². The van der Waals surface area contributed by atoms with Gasteiger partial charge in [0.05, 0.1) is 17.7 Å². The molecule has 0 amide bonds. The van der Waals surface area contributed by atoms with Gasteiger partial charge in [0.15, 0.2) is 41.0 Å². The van der Waals surface area contributed by atoms with Crippen molar-refractivity contribution < 1.29 is 64.7 Å². The molecule has 0 aliphatic carbocycles. The highest BCUT2D eigenvalue weighted by Gasteiger charge is 2.54. The first-order valence-corrected chi connectivity index (χ1v) is 9.44. The van der Waals surface area contributed by atoms with E-state index in [0.29, 0.717) is 0 Å². The Hall–Kier alpha value is -3.94. The Bertz CT molecular complexity index is 1120. The maximum absolute atomic E-state index is 12.6. The highest BCUT2D eigenvalue weighted by Crippen LogP contribution is 2.50. The third-order valence-corrected chi connectivity index (χ3v) is 5.43. The number of phenols is 6. The molecule has 2 aromatic carbocycles. The molecule has 8 N–H and O–H groups in total. The number of fused-ring (bicyclic) bond motifs is 3. The molecule has 33 heavy (non-hydrogen) atoms. The van der Waals surface area contributed by atoms with Crippen molar-refractivity contribution >= 4 is 11.9 Å².